The second-order valence-electron chi connectivity index (χ2n) is 2.05. The highest BCUT2D eigenvalue weighted by Crippen LogP contribution is 2.09. The first-order valence-electron chi connectivity index (χ1n) is 2.85. The number of esters is 1. The van der Waals surface area contributed by atoms with Gasteiger partial charge in [0.2, 0.25) is 0 Å². The number of thiol groups is 1. The standard InChI is InChI=1S/C6H12O2S/c1-4(5(2)9)6(7)8-3/h4-5,9H,1-3H3. The van der Waals surface area contributed by atoms with Crippen molar-refractivity contribution in [2.24, 2.45) is 5.92 Å². The number of rotatable bonds is 2. The van der Waals surface area contributed by atoms with Gasteiger partial charge in [0, 0.05) is 5.25 Å². The molecular formula is C6H12O2S. The van der Waals surface area contributed by atoms with E-state index in [4.69, 9.17) is 0 Å². The highest BCUT2D eigenvalue weighted by Gasteiger charge is 2.16. The topological polar surface area (TPSA) is 26.3 Å². The monoisotopic (exact) mass is 148 g/mol. The Kier molecular flexibility index (Phi) is 3.70. The maximum Gasteiger partial charge on any atom is 0.309 e. The summed E-state index contributed by atoms with van der Waals surface area (Å²) in [4.78, 5) is 10.7. The normalized spacial score (nSPS) is 16.4. The summed E-state index contributed by atoms with van der Waals surface area (Å²) in [7, 11) is 1.38. The molecule has 0 fully saturated rings. The molecule has 0 aliphatic rings. The van der Waals surface area contributed by atoms with Gasteiger partial charge in [0.25, 0.3) is 0 Å². The minimum absolute atomic E-state index is 0.0671. The summed E-state index contributed by atoms with van der Waals surface area (Å²) in [5.41, 5.74) is 0. The van der Waals surface area contributed by atoms with Crippen molar-refractivity contribution in [1.29, 1.82) is 0 Å². The van der Waals surface area contributed by atoms with Gasteiger partial charge in [0.1, 0.15) is 0 Å². The van der Waals surface area contributed by atoms with E-state index in [1.807, 2.05) is 6.92 Å². The largest absolute Gasteiger partial charge is 0.469 e. The second kappa shape index (κ2) is 3.77. The van der Waals surface area contributed by atoms with Crippen LogP contribution >= 0.6 is 12.6 Å². The summed E-state index contributed by atoms with van der Waals surface area (Å²) in [6.07, 6.45) is 0. The zero-order chi connectivity index (χ0) is 7.44. The lowest BCUT2D eigenvalue weighted by molar-refractivity contribution is -0.144. The molecule has 0 radical (unpaired) electrons. The molecule has 0 spiro atoms. The summed E-state index contributed by atoms with van der Waals surface area (Å²) in [6.45, 7) is 3.66. The number of methoxy groups -OCH3 is 1. The number of ether oxygens (including phenoxy) is 1. The van der Waals surface area contributed by atoms with Crippen molar-refractivity contribution >= 4 is 18.6 Å². The molecule has 0 aromatic carbocycles. The smallest absolute Gasteiger partial charge is 0.309 e. The Labute approximate surface area is 61.0 Å². The molecule has 0 saturated carbocycles. The predicted molar refractivity (Wildman–Crippen MR) is 39.6 cm³/mol. The third-order valence-electron chi connectivity index (χ3n) is 1.30. The molecule has 0 heterocycles. The molecule has 54 valence electrons. The Bertz CT molecular complexity index is 101. The van der Waals surface area contributed by atoms with Crippen LogP contribution in [-0.4, -0.2) is 18.3 Å². The maximum atomic E-state index is 10.7. The SMILES string of the molecule is COC(=O)C(C)C(C)S. The second-order valence-corrected chi connectivity index (χ2v) is 2.87. The number of carbonyl (C=O) groups is 1. The molecule has 0 aliphatic heterocycles. The third-order valence-corrected chi connectivity index (χ3v) is 1.74. The van der Waals surface area contributed by atoms with Crippen molar-refractivity contribution in [2.75, 3.05) is 7.11 Å². The summed E-state index contributed by atoms with van der Waals surface area (Å²) in [6, 6.07) is 0. The highest BCUT2D eigenvalue weighted by atomic mass is 32.1. The molecular weight excluding hydrogens is 136 g/mol. The van der Waals surface area contributed by atoms with Crippen molar-refractivity contribution in [2.45, 2.75) is 19.1 Å². The van der Waals surface area contributed by atoms with Crippen LogP contribution in [0.1, 0.15) is 13.8 Å². The van der Waals surface area contributed by atoms with Gasteiger partial charge < -0.3 is 4.74 Å². The van der Waals surface area contributed by atoms with E-state index in [0.717, 1.165) is 0 Å². The van der Waals surface area contributed by atoms with Crippen molar-refractivity contribution in [1.82, 2.24) is 0 Å². The molecule has 2 atom stereocenters. The van der Waals surface area contributed by atoms with Crippen molar-refractivity contribution < 1.29 is 9.53 Å². The van der Waals surface area contributed by atoms with Crippen LogP contribution in [0.25, 0.3) is 0 Å². The fourth-order valence-corrected chi connectivity index (χ4v) is 0.505. The van der Waals surface area contributed by atoms with Crippen LogP contribution in [0.3, 0.4) is 0 Å². The Morgan fingerprint density at radius 1 is 1.56 bits per heavy atom. The molecule has 0 N–H and O–H groups in total. The van der Waals surface area contributed by atoms with Gasteiger partial charge in [-0.05, 0) is 0 Å². The van der Waals surface area contributed by atoms with E-state index in [2.05, 4.69) is 17.4 Å². The quantitative estimate of drug-likeness (QED) is 0.469. The van der Waals surface area contributed by atoms with Crippen LogP contribution in [0.4, 0.5) is 0 Å². The first-order chi connectivity index (χ1) is 4.09. The molecule has 0 rings (SSSR count). The molecule has 0 saturated heterocycles. The van der Waals surface area contributed by atoms with Crippen molar-refractivity contribution in [3.05, 3.63) is 0 Å². The van der Waals surface area contributed by atoms with E-state index in [1.165, 1.54) is 7.11 Å². The molecule has 9 heavy (non-hydrogen) atoms. The van der Waals surface area contributed by atoms with Gasteiger partial charge in [-0.3, -0.25) is 4.79 Å². The van der Waals surface area contributed by atoms with Crippen LogP contribution in [-0.2, 0) is 9.53 Å². The Morgan fingerprint density at radius 3 is 2.11 bits per heavy atom. The summed E-state index contributed by atoms with van der Waals surface area (Å²) in [5.74, 6) is -0.309. The lowest BCUT2D eigenvalue weighted by atomic mass is 10.1. The van der Waals surface area contributed by atoms with E-state index in [9.17, 15) is 4.79 Å². The van der Waals surface area contributed by atoms with Gasteiger partial charge in [0.15, 0.2) is 0 Å². The lowest BCUT2D eigenvalue weighted by Crippen LogP contribution is -2.20. The number of hydrogen-bond acceptors (Lipinski definition) is 3. The zero-order valence-corrected chi connectivity index (χ0v) is 6.81. The van der Waals surface area contributed by atoms with Gasteiger partial charge in [-0.2, -0.15) is 12.6 Å². The fourth-order valence-electron chi connectivity index (χ4n) is 0.383. The minimum Gasteiger partial charge on any atom is -0.469 e. The van der Waals surface area contributed by atoms with Crippen LogP contribution in [0, 0.1) is 5.92 Å². The van der Waals surface area contributed by atoms with Crippen LogP contribution in [0.15, 0.2) is 0 Å². The molecule has 0 bridgehead atoms. The summed E-state index contributed by atoms with van der Waals surface area (Å²) >= 11 is 4.09. The van der Waals surface area contributed by atoms with E-state index in [-0.39, 0.29) is 17.1 Å². The first-order valence-corrected chi connectivity index (χ1v) is 3.37. The molecule has 2 unspecified atom stereocenters. The first kappa shape index (κ1) is 8.82. The Balaban J connectivity index is 3.72. The predicted octanol–water partition coefficient (Wildman–Crippen LogP) is 1.11. The zero-order valence-electron chi connectivity index (χ0n) is 5.92. The molecule has 0 aliphatic carbocycles. The Morgan fingerprint density at radius 2 is 2.00 bits per heavy atom. The number of carbonyl (C=O) groups excluding carboxylic acids is 1. The average Bonchev–Trinajstić information content (AvgIpc) is 1.84. The van der Waals surface area contributed by atoms with Gasteiger partial charge >= 0.3 is 5.97 Å². The van der Waals surface area contributed by atoms with E-state index in [0.29, 0.717) is 0 Å². The molecule has 0 aromatic heterocycles. The van der Waals surface area contributed by atoms with E-state index in [1.54, 1.807) is 6.92 Å². The molecule has 3 heteroatoms. The third kappa shape index (κ3) is 2.75. The highest BCUT2D eigenvalue weighted by molar-refractivity contribution is 7.81. The van der Waals surface area contributed by atoms with Crippen molar-refractivity contribution in [3.63, 3.8) is 0 Å². The number of hydrogen-bond donors (Lipinski definition) is 1. The minimum atomic E-state index is -0.197. The van der Waals surface area contributed by atoms with E-state index < -0.39 is 0 Å². The van der Waals surface area contributed by atoms with Crippen LogP contribution in [0.5, 0.6) is 0 Å². The van der Waals surface area contributed by atoms with Crippen LogP contribution in [0.2, 0.25) is 0 Å². The summed E-state index contributed by atoms with van der Waals surface area (Å²) < 4.78 is 4.49. The Hall–Kier alpha value is -0.180. The van der Waals surface area contributed by atoms with E-state index >= 15 is 0 Å². The fraction of sp³-hybridized carbons (Fsp3) is 0.833. The van der Waals surface area contributed by atoms with Gasteiger partial charge in [-0.1, -0.05) is 13.8 Å². The molecule has 2 nitrogen and oxygen atoms in total. The van der Waals surface area contributed by atoms with Gasteiger partial charge in [-0.25, -0.2) is 0 Å². The average molecular weight is 148 g/mol. The van der Waals surface area contributed by atoms with Crippen molar-refractivity contribution in [3.8, 4) is 0 Å². The maximum absolute atomic E-state index is 10.7. The van der Waals surface area contributed by atoms with Crippen LogP contribution < -0.4 is 0 Å². The summed E-state index contributed by atoms with van der Waals surface area (Å²) in [5, 5.41) is 0.0671. The van der Waals surface area contributed by atoms with Gasteiger partial charge in [-0.15, -0.1) is 0 Å². The van der Waals surface area contributed by atoms with Gasteiger partial charge in [0.05, 0.1) is 13.0 Å². The molecule has 0 aromatic rings. The lowest BCUT2D eigenvalue weighted by Gasteiger charge is -2.10. The molecule has 0 amide bonds.